The maximum absolute atomic E-state index is 13.0. The fraction of sp³-hybridized carbons (Fsp3) is 0.360. The number of carbonyl (C=O) groups excluding carboxylic acids is 2. The Kier molecular flexibility index (Phi) is 8.97. The molecule has 1 heterocycles. The quantitative estimate of drug-likeness (QED) is 0.370. The molecule has 2 N–H and O–H groups in total. The summed E-state index contributed by atoms with van der Waals surface area (Å²) in [4.78, 5) is 25.9. The lowest BCUT2D eigenvalue weighted by Crippen LogP contribution is -2.47. The monoisotopic (exact) mass is 484 g/mol. The average Bonchev–Trinajstić information content (AvgIpc) is 3.29. The normalized spacial score (nSPS) is 12.7. The van der Waals surface area contributed by atoms with Crippen molar-refractivity contribution in [2.24, 2.45) is 5.92 Å². The summed E-state index contributed by atoms with van der Waals surface area (Å²) in [6.45, 7) is 6.09. The SMILES string of the molecule is CCCCc1ccc(C(=O)NC(C(=O)Nc2nnc(-c3ccc(Cl)cc3)s2)C(C)CC)cc1. The Morgan fingerprint density at radius 2 is 1.73 bits per heavy atom. The molecule has 0 aliphatic carbocycles. The van der Waals surface area contributed by atoms with Gasteiger partial charge in [-0.1, -0.05) is 80.8 Å². The van der Waals surface area contributed by atoms with E-state index in [9.17, 15) is 9.59 Å². The number of aryl methyl sites for hydroxylation is 1. The van der Waals surface area contributed by atoms with Gasteiger partial charge in [0.2, 0.25) is 11.0 Å². The van der Waals surface area contributed by atoms with Crippen molar-refractivity contribution in [3.63, 3.8) is 0 Å². The molecule has 1 aromatic heterocycles. The van der Waals surface area contributed by atoms with Crippen molar-refractivity contribution >= 4 is 39.9 Å². The second-order valence-electron chi connectivity index (χ2n) is 8.05. The van der Waals surface area contributed by atoms with E-state index in [0.717, 1.165) is 31.2 Å². The third kappa shape index (κ3) is 6.85. The number of anilines is 1. The lowest BCUT2D eigenvalue weighted by molar-refractivity contribution is -0.119. The summed E-state index contributed by atoms with van der Waals surface area (Å²) in [5.41, 5.74) is 2.61. The zero-order chi connectivity index (χ0) is 23.8. The number of nitrogens with zero attached hydrogens (tertiary/aromatic N) is 2. The summed E-state index contributed by atoms with van der Waals surface area (Å²) in [5.74, 6) is -0.630. The first-order chi connectivity index (χ1) is 15.9. The summed E-state index contributed by atoms with van der Waals surface area (Å²) in [5, 5.41) is 15.7. The minimum absolute atomic E-state index is 0.0542. The standard InChI is InChI=1S/C25H29ClN4O2S/c1-4-6-7-17-8-10-18(11-9-17)22(31)27-21(16(3)5-2)23(32)28-25-30-29-24(33-25)19-12-14-20(26)15-13-19/h8-16,21H,4-7H2,1-3H3,(H,27,31)(H,28,30,32). The van der Waals surface area contributed by atoms with E-state index < -0.39 is 6.04 Å². The fourth-order valence-corrected chi connectivity index (χ4v) is 4.17. The Morgan fingerprint density at radius 1 is 1.03 bits per heavy atom. The van der Waals surface area contributed by atoms with Gasteiger partial charge in [0.15, 0.2) is 0 Å². The molecular weight excluding hydrogens is 456 g/mol. The highest BCUT2D eigenvalue weighted by atomic mass is 35.5. The number of carbonyl (C=O) groups is 2. The molecule has 174 valence electrons. The zero-order valence-corrected chi connectivity index (χ0v) is 20.7. The van der Waals surface area contributed by atoms with Crippen LogP contribution in [0.1, 0.15) is 56.0 Å². The Hall–Kier alpha value is -2.77. The second kappa shape index (κ2) is 11.9. The first kappa shape index (κ1) is 24.9. The van der Waals surface area contributed by atoms with Crippen LogP contribution in [0.3, 0.4) is 0 Å². The van der Waals surface area contributed by atoms with Crippen molar-refractivity contribution < 1.29 is 9.59 Å². The number of benzene rings is 2. The predicted octanol–water partition coefficient (Wildman–Crippen LogP) is 5.98. The summed E-state index contributed by atoms with van der Waals surface area (Å²) in [6.07, 6.45) is 3.98. The minimum atomic E-state index is -0.690. The van der Waals surface area contributed by atoms with E-state index in [1.807, 2.05) is 50.2 Å². The topological polar surface area (TPSA) is 84.0 Å². The minimum Gasteiger partial charge on any atom is -0.340 e. The molecule has 2 aromatic carbocycles. The number of rotatable bonds is 10. The number of amides is 2. The molecule has 8 heteroatoms. The molecule has 2 atom stereocenters. The molecule has 0 saturated heterocycles. The van der Waals surface area contributed by atoms with Crippen LogP contribution < -0.4 is 10.6 Å². The van der Waals surface area contributed by atoms with Crippen LogP contribution >= 0.6 is 22.9 Å². The first-order valence-electron chi connectivity index (χ1n) is 11.2. The zero-order valence-electron chi connectivity index (χ0n) is 19.1. The molecule has 33 heavy (non-hydrogen) atoms. The number of aromatic nitrogens is 2. The Bertz CT molecular complexity index is 1070. The molecule has 0 aliphatic heterocycles. The predicted molar refractivity (Wildman–Crippen MR) is 135 cm³/mol. The third-order valence-electron chi connectivity index (χ3n) is 5.56. The van der Waals surface area contributed by atoms with Gasteiger partial charge in [-0.2, -0.15) is 0 Å². The molecule has 2 amide bonds. The van der Waals surface area contributed by atoms with Crippen LogP contribution in [0.15, 0.2) is 48.5 Å². The van der Waals surface area contributed by atoms with Gasteiger partial charge in [-0.25, -0.2) is 0 Å². The highest BCUT2D eigenvalue weighted by molar-refractivity contribution is 7.18. The van der Waals surface area contributed by atoms with Gasteiger partial charge in [0.1, 0.15) is 11.0 Å². The van der Waals surface area contributed by atoms with Gasteiger partial charge in [-0.3, -0.25) is 14.9 Å². The van der Waals surface area contributed by atoms with Crippen LogP contribution in [-0.4, -0.2) is 28.1 Å². The lowest BCUT2D eigenvalue weighted by Gasteiger charge is -2.23. The van der Waals surface area contributed by atoms with E-state index in [2.05, 4.69) is 27.8 Å². The van der Waals surface area contributed by atoms with Crippen molar-refractivity contribution in [1.29, 1.82) is 0 Å². The van der Waals surface area contributed by atoms with E-state index >= 15 is 0 Å². The third-order valence-corrected chi connectivity index (χ3v) is 6.70. The van der Waals surface area contributed by atoms with Crippen molar-refractivity contribution in [3.8, 4) is 10.6 Å². The molecule has 0 aliphatic rings. The highest BCUT2D eigenvalue weighted by Crippen LogP contribution is 2.27. The number of halogens is 1. The maximum atomic E-state index is 13.0. The molecule has 3 aromatic rings. The van der Waals surface area contributed by atoms with Gasteiger partial charge in [0, 0.05) is 16.1 Å². The highest BCUT2D eigenvalue weighted by Gasteiger charge is 2.27. The van der Waals surface area contributed by atoms with E-state index in [0.29, 0.717) is 20.7 Å². The number of hydrogen-bond donors (Lipinski definition) is 2. The first-order valence-corrected chi connectivity index (χ1v) is 12.4. The van der Waals surface area contributed by atoms with Crippen molar-refractivity contribution in [2.75, 3.05) is 5.32 Å². The van der Waals surface area contributed by atoms with Crippen LogP contribution in [0, 0.1) is 5.92 Å². The summed E-state index contributed by atoms with van der Waals surface area (Å²) in [7, 11) is 0. The maximum Gasteiger partial charge on any atom is 0.251 e. The number of nitrogens with one attached hydrogen (secondary N) is 2. The van der Waals surface area contributed by atoms with Crippen LogP contribution in [0.2, 0.25) is 5.02 Å². The van der Waals surface area contributed by atoms with Crippen LogP contribution in [-0.2, 0) is 11.2 Å². The molecule has 2 unspecified atom stereocenters. The molecular formula is C25H29ClN4O2S. The molecule has 0 saturated carbocycles. The molecule has 0 fully saturated rings. The Morgan fingerprint density at radius 3 is 2.36 bits per heavy atom. The van der Waals surface area contributed by atoms with Gasteiger partial charge in [0.05, 0.1) is 0 Å². The molecule has 0 spiro atoms. The molecule has 6 nitrogen and oxygen atoms in total. The van der Waals surface area contributed by atoms with Gasteiger partial charge < -0.3 is 5.32 Å². The Balaban J connectivity index is 1.67. The molecule has 0 bridgehead atoms. The second-order valence-corrected chi connectivity index (χ2v) is 9.46. The van der Waals surface area contributed by atoms with E-state index in [1.165, 1.54) is 16.9 Å². The molecule has 3 rings (SSSR count). The van der Waals surface area contributed by atoms with Crippen molar-refractivity contribution in [1.82, 2.24) is 15.5 Å². The fourth-order valence-electron chi connectivity index (χ4n) is 3.30. The smallest absolute Gasteiger partial charge is 0.251 e. The number of unbranched alkanes of at least 4 members (excludes halogenated alkanes) is 1. The Labute approximate surface area is 203 Å². The van der Waals surface area contributed by atoms with Gasteiger partial charge in [-0.05, 0) is 48.6 Å². The average molecular weight is 485 g/mol. The summed E-state index contributed by atoms with van der Waals surface area (Å²) < 4.78 is 0. The van der Waals surface area contributed by atoms with E-state index in [4.69, 9.17) is 11.6 Å². The van der Waals surface area contributed by atoms with Crippen LogP contribution in [0.25, 0.3) is 10.6 Å². The van der Waals surface area contributed by atoms with Gasteiger partial charge in [0.25, 0.3) is 5.91 Å². The van der Waals surface area contributed by atoms with Crippen LogP contribution in [0.4, 0.5) is 5.13 Å². The lowest BCUT2D eigenvalue weighted by atomic mass is 9.97. The van der Waals surface area contributed by atoms with E-state index in [1.54, 1.807) is 12.1 Å². The van der Waals surface area contributed by atoms with Crippen molar-refractivity contribution in [2.45, 2.75) is 52.5 Å². The van der Waals surface area contributed by atoms with Crippen molar-refractivity contribution in [3.05, 3.63) is 64.7 Å². The number of hydrogen-bond acceptors (Lipinski definition) is 5. The van der Waals surface area contributed by atoms with Gasteiger partial charge >= 0.3 is 0 Å². The van der Waals surface area contributed by atoms with E-state index in [-0.39, 0.29) is 17.7 Å². The largest absolute Gasteiger partial charge is 0.340 e. The molecule has 0 radical (unpaired) electrons. The van der Waals surface area contributed by atoms with Crippen LogP contribution in [0.5, 0.6) is 0 Å². The van der Waals surface area contributed by atoms with Gasteiger partial charge in [-0.15, -0.1) is 10.2 Å². The summed E-state index contributed by atoms with van der Waals surface area (Å²) in [6, 6.07) is 14.1. The summed E-state index contributed by atoms with van der Waals surface area (Å²) >= 11 is 7.21.